The van der Waals surface area contributed by atoms with E-state index in [4.69, 9.17) is 0 Å². The van der Waals surface area contributed by atoms with Gasteiger partial charge in [0.15, 0.2) is 9.84 Å². The number of aryl methyl sites for hydroxylation is 1. The van der Waals surface area contributed by atoms with Crippen molar-refractivity contribution < 1.29 is 13.2 Å². The van der Waals surface area contributed by atoms with E-state index in [1.807, 2.05) is 13.1 Å². The Balaban J connectivity index is 1.66. The minimum atomic E-state index is -3.15. The van der Waals surface area contributed by atoms with Crippen LogP contribution in [0.2, 0.25) is 0 Å². The number of hydrogen-bond donors (Lipinski definition) is 1. The lowest BCUT2D eigenvalue weighted by Gasteiger charge is -2.35. The molecule has 8 heteroatoms. The molecule has 0 unspecified atom stereocenters. The number of carbonyl (C=O) groups is 1. The van der Waals surface area contributed by atoms with Gasteiger partial charge in [-0.15, -0.1) is 0 Å². The molecule has 0 aromatic carbocycles. The number of nitrogens with one attached hydrogen (secondary N) is 1. The highest BCUT2D eigenvalue weighted by atomic mass is 32.2. The number of rotatable bonds is 5. The minimum absolute atomic E-state index is 0.0178. The molecule has 1 saturated heterocycles. The second kappa shape index (κ2) is 7.59. The van der Waals surface area contributed by atoms with Crippen molar-refractivity contribution in [2.45, 2.75) is 45.2 Å². The molecule has 1 aliphatic carbocycles. The Morgan fingerprint density at radius 2 is 2.28 bits per heavy atom. The third-order valence-electron chi connectivity index (χ3n) is 4.91. The Kier molecular flexibility index (Phi) is 5.46. The zero-order chi connectivity index (χ0) is 17.9. The molecule has 0 radical (unpaired) electrons. The van der Waals surface area contributed by atoms with Crippen LogP contribution < -0.4 is 5.32 Å². The van der Waals surface area contributed by atoms with E-state index in [1.165, 1.54) is 12.0 Å². The van der Waals surface area contributed by atoms with E-state index < -0.39 is 15.9 Å². The molecule has 2 amide bonds. The first-order chi connectivity index (χ1) is 12.0. The fourth-order valence-electron chi connectivity index (χ4n) is 3.45. The van der Waals surface area contributed by atoms with Crippen molar-refractivity contribution in [2.24, 2.45) is 0 Å². The zero-order valence-electron chi connectivity index (χ0n) is 14.6. The van der Waals surface area contributed by atoms with E-state index in [0.717, 1.165) is 24.8 Å². The van der Waals surface area contributed by atoms with E-state index in [0.29, 0.717) is 13.1 Å². The average molecular weight is 366 g/mol. The normalized spacial score (nSPS) is 22.7. The van der Waals surface area contributed by atoms with Crippen molar-refractivity contribution in [1.82, 2.24) is 20.0 Å². The average Bonchev–Trinajstić information content (AvgIpc) is 3.25. The van der Waals surface area contributed by atoms with Crippen molar-refractivity contribution in [1.29, 1.82) is 0 Å². The van der Waals surface area contributed by atoms with E-state index >= 15 is 0 Å². The number of urea groups is 1. The Morgan fingerprint density at radius 3 is 2.96 bits per heavy atom. The van der Waals surface area contributed by atoms with Gasteiger partial charge in [0.2, 0.25) is 0 Å². The number of nitrogens with zero attached hydrogens (tertiary/aromatic N) is 3. The van der Waals surface area contributed by atoms with Gasteiger partial charge in [-0.25, -0.2) is 13.2 Å². The summed E-state index contributed by atoms with van der Waals surface area (Å²) in [6.45, 7) is 3.49. The van der Waals surface area contributed by atoms with Gasteiger partial charge in [0.1, 0.15) is 0 Å². The summed E-state index contributed by atoms with van der Waals surface area (Å²) in [6.07, 6.45) is 10.1. The Hall–Kier alpha value is -1.83. The third kappa shape index (κ3) is 4.42. The van der Waals surface area contributed by atoms with E-state index in [9.17, 15) is 13.2 Å². The second-order valence-electron chi connectivity index (χ2n) is 6.69. The number of carbonyl (C=O) groups excluding carboxylic acids is 1. The van der Waals surface area contributed by atoms with Crippen LogP contribution >= 0.6 is 0 Å². The van der Waals surface area contributed by atoms with Crippen molar-refractivity contribution in [2.75, 3.05) is 24.6 Å². The SMILES string of the molecule is CCn1cc([C@@H]2CS(=O)(=O)CCN2C(=O)NCCC2=CCCC2)cn1. The van der Waals surface area contributed by atoms with Gasteiger partial charge in [0, 0.05) is 31.4 Å². The van der Waals surface area contributed by atoms with Gasteiger partial charge < -0.3 is 10.2 Å². The number of allylic oxidation sites excluding steroid dienone is 1. The van der Waals surface area contributed by atoms with E-state index in [2.05, 4.69) is 16.5 Å². The minimum Gasteiger partial charge on any atom is -0.338 e. The van der Waals surface area contributed by atoms with Gasteiger partial charge >= 0.3 is 6.03 Å². The molecule has 1 atom stereocenters. The maximum atomic E-state index is 12.6. The predicted octanol–water partition coefficient (Wildman–Crippen LogP) is 1.88. The molecule has 2 aliphatic rings. The molecule has 2 heterocycles. The molecule has 25 heavy (non-hydrogen) atoms. The van der Waals surface area contributed by atoms with Crippen molar-refractivity contribution in [3.05, 3.63) is 29.6 Å². The molecule has 7 nitrogen and oxygen atoms in total. The van der Waals surface area contributed by atoms with E-state index in [1.54, 1.807) is 15.8 Å². The molecule has 1 aromatic rings. The quantitative estimate of drug-likeness (QED) is 0.807. The Labute approximate surface area is 149 Å². The monoisotopic (exact) mass is 366 g/mol. The summed E-state index contributed by atoms with van der Waals surface area (Å²) in [5.41, 5.74) is 2.18. The third-order valence-corrected chi connectivity index (χ3v) is 6.54. The van der Waals surface area contributed by atoms with Gasteiger partial charge in [-0.05, 0) is 32.6 Å². The standard InChI is InChI=1S/C17H26N4O3S/c1-2-20-12-15(11-19-20)16-13-25(23,24)10-9-21(16)17(22)18-8-7-14-5-3-4-6-14/h5,11-12,16H,2-4,6-10,13H2,1H3,(H,18,22)/t16-/m0/s1. The maximum absolute atomic E-state index is 12.6. The van der Waals surface area contributed by atoms with Crippen LogP contribution in [-0.2, 0) is 16.4 Å². The largest absolute Gasteiger partial charge is 0.338 e. The van der Waals surface area contributed by atoms with Crippen molar-refractivity contribution in [3.8, 4) is 0 Å². The second-order valence-corrected chi connectivity index (χ2v) is 8.92. The first-order valence-electron chi connectivity index (χ1n) is 8.93. The topological polar surface area (TPSA) is 84.3 Å². The molecular formula is C17H26N4O3S. The fraction of sp³-hybridized carbons (Fsp3) is 0.647. The molecule has 138 valence electrons. The molecule has 1 aromatic heterocycles. The molecule has 1 N–H and O–H groups in total. The number of sulfone groups is 1. The van der Waals surface area contributed by atoms with Gasteiger partial charge in [-0.1, -0.05) is 11.6 Å². The summed E-state index contributed by atoms with van der Waals surface area (Å²) in [5, 5.41) is 7.17. The molecule has 0 bridgehead atoms. The Morgan fingerprint density at radius 1 is 1.44 bits per heavy atom. The molecule has 1 aliphatic heterocycles. The zero-order valence-corrected chi connectivity index (χ0v) is 15.5. The highest BCUT2D eigenvalue weighted by Gasteiger charge is 2.35. The van der Waals surface area contributed by atoms with E-state index in [-0.39, 0.29) is 24.1 Å². The lowest BCUT2D eigenvalue weighted by atomic mass is 10.1. The summed E-state index contributed by atoms with van der Waals surface area (Å²) in [5.74, 6) is -0.0228. The molecule has 3 rings (SSSR count). The van der Waals surface area contributed by atoms with Crippen LogP contribution in [0.3, 0.4) is 0 Å². The van der Waals surface area contributed by atoms with Gasteiger partial charge in [0.25, 0.3) is 0 Å². The highest BCUT2D eigenvalue weighted by Crippen LogP contribution is 2.27. The first-order valence-corrected chi connectivity index (χ1v) is 10.8. The predicted molar refractivity (Wildman–Crippen MR) is 96.0 cm³/mol. The van der Waals surface area contributed by atoms with Gasteiger partial charge in [-0.3, -0.25) is 4.68 Å². The van der Waals surface area contributed by atoms with Crippen LogP contribution in [0.5, 0.6) is 0 Å². The van der Waals surface area contributed by atoms with Gasteiger partial charge in [-0.2, -0.15) is 5.10 Å². The Bertz CT molecular complexity index is 754. The fourth-order valence-corrected chi connectivity index (χ4v) is 4.94. The van der Waals surface area contributed by atoms with Crippen molar-refractivity contribution in [3.63, 3.8) is 0 Å². The van der Waals surface area contributed by atoms with Crippen LogP contribution in [0.25, 0.3) is 0 Å². The summed E-state index contributed by atoms with van der Waals surface area (Å²) in [7, 11) is -3.15. The molecule has 0 spiro atoms. The molecule has 1 fully saturated rings. The smallest absolute Gasteiger partial charge is 0.317 e. The summed E-state index contributed by atoms with van der Waals surface area (Å²) in [4.78, 5) is 14.3. The maximum Gasteiger partial charge on any atom is 0.317 e. The summed E-state index contributed by atoms with van der Waals surface area (Å²) in [6, 6.07) is -0.660. The number of amides is 2. The van der Waals surface area contributed by atoms with Gasteiger partial charge in [0.05, 0.1) is 23.7 Å². The van der Waals surface area contributed by atoms with Crippen LogP contribution in [0.4, 0.5) is 4.79 Å². The van der Waals surface area contributed by atoms with Crippen LogP contribution in [-0.4, -0.2) is 53.7 Å². The summed E-state index contributed by atoms with van der Waals surface area (Å²) >= 11 is 0. The highest BCUT2D eigenvalue weighted by molar-refractivity contribution is 7.91. The summed E-state index contributed by atoms with van der Waals surface area (Å²) < 4.78 is 25.9. The van der Waals surface area contributed by atoms with Crippen LogP contribution in [0.15, 0.2) is 24.0 Å². The molecular weight excluding hydrogens is 340 g/mol. The van der Waals surface area contributed by atoms with Crippen LogP contribution in [0.1, 0.15) is 44.2 Å². The molecule has 0 saturated carbocycles. The number of hydrogen-bond acceptors (Lipinski definition) is 4. The number of aromatic nitrogens is 2. The van der Waals surface area contributed by atoms with Crippen LogP contribution in [0, 0.1) is 0 Å². The van der Waals surface area contributed by atoms with Crippen molar-refractivity contribution >= 4 is 15.9 Å². The lowest BCUT2D eigenvalue weighted by Crippen LogP contribution is -2.50. The first kappa shape index (κ1) is 18.0. The lowest BCUT2D eigenvalue weighted by molar-refractivity contribution is 0.181.